The summed E-state index contributed by atoms with van der Waals surface area (Å²) in [5, 5.41) is 2.82. The van der Waals surface area contributed by atoms with E-state index in [1.165, 1.54) is 11.3 Å². The first-order valence-corrected chi connectivity index (χ1v) is 9.95. The standard InChI is InChI=1S/C21H24BrN3O2/c1-16-3-2-4-19(15-16)24-11-13-25(14-12-24)20(26)9-10-23-21(27)17-5-7-18(22)8-6-17/h2-8,15H,9-14H2,1H3,(H,23,27). The molecule has 0 spiro atoms. The van der Waals surface area contributed by atoms with Gasteiger partial charge in [-0.25, -0.2) is 0 Å². The van der Waals surface area contributed by atoms with Crippen LogP contribution in [0.4, 0.5) is 5.69 Å². The summed E-state index contributed by atoms with van der Waals surface area (Å²) in [6, 6.07) is 15.6. The molecule has 1 fully saturated rings. The lowest BCUT2D eigenvalue weighted by Crippen LogP contribution is -2.49. The molecule has 2 aromatic carbocycles. The molecule has 3 rings (SSSR count). The molecule has 0 aromatic heterocycles. The topological polar surface area (TPSA) is 52.6 Å². The molecule has 1 N–H and O–H groups in total. The molecule has 2 aromatic rings. The smallest absolute Gasteiger partial charge is 0.251 e. The van der Waals surface area contributed by atoms with Gasteiger partial charge in [-0.15, -0.1) is 0 Å². The summed E-state index contributed by atoms with van der Waals surface area (Å²) >= 11 is 3.35. The van der Waals surface area contributed by atoms with Gasteiger partial charge in [-0.3, -0.25) is 9.59 Å². The number of carbonyl (C=O) groups is 2. The highest BCUT2D eigenvalue weighted by Crippen LogP contribution is 2.18. The number of benzene rings is 2. The second-order valence-corrected chi connectivity index (χ2v) is 7.64. The molecule has 0 unspecified atom stereocenters. The van der Waals surface area contributed by atoms with Gasteiger partial charge in [0.25, 0.3) is 5.91 Å². The van der Waals surface area contributed by atoms with Crippen molar-refractivity contribution in [2.75, 3.05) is 37.6 Å². The monoisotopic (exact) mass is 429 g/mol. The zero-order valence-corrected chi connectivity index (χ0v) is 17.0. The largest absolute Gasteiger partial charge is 0.368 e. The van der Waals surface area contributed by atoms with Crippen molar-refractivity contribution in [1.29, 1.82) is 0 Å². The van der Waals surface area contributed by atoms with Crippen LogP contribution >= 0.6 is 15.9 Å². The number of anilines is 1. The van der Waals surface area contributed by atoms with Gasteiger partial charge in [0.05, 0.1) is 0 Å². The summed E-state index contributed by atoms with van der Waals surface area (Å²) in [5.74, 6) is -0.0606. The van der Waals surface area contributed by atoms with Gasteiger partial charge in [-0.2, -0.15) is 0 Å². The van der Waals surface area contributed by atoms with E-state index in [9.17, 15) is 9.59 Å². The van der Waals surface area contributed by atoms with Gasteiger partial charge in [-0.1, -0.05) is 28.1 Å². The van der Waals surface area contributed by atoms with Gasteiger partial charge in [0, 0.05) is 54.9 Å². The minimum absolute atomic E-state index is 0.0926. The van der Waals surface area contributed by atoms with Crippen molar-refractivity contribution < 1.29 is 9.59 Å². The minimum Gasteiger partial charge on any atom is -0.368 e. The van der Waals surface area contributed by atoms with Crippen LogP contribution in [0.25, 0.3) is 0 Å². The zero-order valence-electron chi connectivity index (χ0n) is 15.5. The van der Waals surface area contributed by atoms with Gasteiger partial charge >= 0.3 is 0 Å². The van der Waals surface area contributed by atoms with E-state index >= 15 is 0 Å². The molecule has 142 valence electrons. The second-order valence-electron chi connectivity index (χ2n) is 6.72. The molecule has 0 atom stereocenters. The van der Waals surface area contributed by atoms with E-state index in [1.807, 2.05) is 17.0 Å². The summed E-state index contributed by atoms with van der Waals surface area (Å²) in [6.07, 6.45) is 0.326. The molecule has 1 aliphatic heterocycles. The van der Waals surface area contributed by atoms with E-state index in [-0.39, 0.29) is 11.8 Å². The quantitative estimate of drug-likeness (QED) is 0.793. The maximum atomic E-state index is 12.4. The molecule has 0 saturated carbocycles. The normalized spacial score (nSPS) is 14.1. The highest BCUT2D eigenvalue weighted by atomic mass is 79.9. The van der Waals surface area contributed by atoms with Crippen LogP contribution in [-0.2, 0) is 4.79 Å². The van der Waals surface area contributed by atoms with Crippen molar-refractivity contribution in [2.45, 2.75) is 13.3 Å². The van der Waals surface area contributed by atoms with E-state index in [0.717, 1.165) is 17.6 Å². The van der Waals surface area contributed by atoms with Crippen LogP contribution in [0.1, 0.15) is 22.3 Å². The molecule has 2 amide bonds. The second kappa shape index (κ2) is 9.04. The fraction of sp³-hybridized carbons (Fsp3) is 0.333. The first kappa shape index (κ1) is 19.4. The van der Waals surface area contributed by atoms with Crippen LogP contribution in [0.5, 0.6) is 0 Å². The summed E-state index contributed by atoms with van der Waals surface area (Å²) < 4.78 is 0.930. The lowest BCUT2D eigenvalue weighted by Gasteiger charge is -2.36. The highest BCUT2D eigenvalue weighted by Gasteiger charge is 2.21. The Labute approximate surface area is 168 Å². The molecular weight excluding hydrogens is 406 g/mol. The van der Waals surface area contributed by atoms with Gasteiger partial charge in [0.2, 0.25) is 5.91 Å². The molecule has 1 aliphatic rings. The Hall–Kier alpha value is -2.34. The van der Waals surface area contributed by atoms with E-state index in [0.29, 0.717) is 31.6 Å². The Balaban J connectivity index is 1.42. The maximum absolute atomic E-state index is 12.4. The van der Waals surface area contributed by atoms with Gasteiger partial charge in [0.15, 0.2) is 0 Å². The first-order chi connectivity index (χ1) is 13.0. The molecule has 0 radical (unpaired) electrons. The number of nitrogens with zero attached hydrogens (tertiary/aromatic N) is 2. The molecule has 0 aliphatic carbocycles. The number of carbonyl (C=O) groups excluding carboxylic acids is 2. The Kier molecular flexibility index (Phi) is 6.50. The Morgan fingerprint density at radius 1 is 1.04 bits per heavy atom. The van der Waals surface area contributed by atoms with E-state index < -0.39 is 0 Å². The number of aryl methyl sites for hydroxylation is 1. The maximum Gasteiger partial charge on any atom is 0.251 e. The third-order valence-corrected chi connectivity index (χ3v) is 5.26. The van der Waals surface area contributed by atoms with Crippen molar-refractivity contribution >= 4 is 33.4 Å². The number of piperazine rings is 1. The van der Waals surface area contributed by atoms with Crippen LogP contribution in [0.3, 0.4) is 0 Å². The number of hydrogen-bond acceptors (Lipinski definition) is 3. The molecule has 27 heavy (non-hydrogen) atoms. The zero-order chi connectivity index (χ0) is 19.2. The fourth-order valence-electron chi connectivity index (χ4n) is 3.18. The van der Waals surface area contributed by atoms with Gasteiger partial charge in [0.1, 0.15) is 0 Å². The Bertz CT molecular complexity index is 799. The molecule has 1 heterocycles. The SMILES string of the molecule is Cc1cccc(N2CCN(C(=O)CCNC(=O)c3ccc(Br)cc3)CC2)c1. The van der Waals surface area contributed by atoms with Crippen LogP contribution in [0.2, 0.25) is 0 Å². The van der Waals surface area contributed by atoms with Crippen molar-refractivity contribution in [3.63, 3.8) is 0 Å². The fourth-order valence-corrected chi connectivity index (χ4v) is 3.45. The summed E-state index contributed by atoms with van der Waals surface area (Å²) in [5.41, 5.74) is 3.05. The third-order valence-electron chi connectivity index (χ3n) is 4.73. The van der Waals surface area contributed by atoms with Crippen molar-refractivity contribution in [2.24, 2.45) is 0 Å². The average molecular weight is 430 g/mol. The van der Waals surface area contributed by atoms with Gasteiger partial charge < -0.3 is 15.1 Å². The lowest BCUT2D eigenvalue weighted by atomic mass is 10.2. The van der Waals surface area contributed by atoms with E-state index in [2.05, 4.69) is 57.3 Å². The predicted octanol–water partition coefficient (Wildman–Crippen LogP) is 3.23. The van der Waals surface area contributed by atoms with E-state index in [1.54, 1.807) is 12.1 Å². The molecule has 0 bridgehead atoms. The molecule has 6 heteroatoms. The van der Waals surface area contributed by atoms with Gasteiger partial charge in [-0.05, 0) is 48.9 Å². The van der Waals surface area contributed by atoms with Crippen LogP contribution < -0.4 is 10.2 Å². The van der Waals surface area contributed by atoms with Crippen molar-refractivity contribution in [3.05, 3.63) is 64.1 Å². The average Bonchev–Trinajstić information content (AvgIpc) is 2.68. The Morgan fingerprint density at radius 3 is 2.41 bits per heavy atom. The Morgan fingerprint density at radius 2 is 1.74 bits per heavy atom. The third kappa shape index (κ3) is 5.32. The lowest BCUT2D eigenvalue weighted by molar-refractivity contribution is -0.131. The number of hydrogen-bond donors (Lipinski definition) is 1. The van der Waals surface area contributed by atoms with Crippen LogP contribution in [0.15, 0.2) is 53.0 Å². The van der Waals surface area contributed by atoms with Crippen LogP contribution in [0, 0.1) is 6.92 Å². The number of rotatable bonds is 5. The number of halogens is 1. The van der Waals surface area contributed by atoms with E-state index in [4.69, 9.17) is 0 Å². The molecule has 5 nitrogen and oxygen atoms in total. The minimum atomic E-state index is -0.153. The van der Waals surface area contributed by atoms with Crippen molar-refractivity contribution in [3.8, 4) is 0 Å². The summed E-state index contributed by atoms with van der Waals surface area (Å²) in [4.78, 5) is 28.7. The summed E-state index contributed by atoms with van der Waals surface area (Å²) in [7, 11) is 0. The molecule has 1 saturated heterocycles. The van der Waals surface area contributed by atoms with Crippen molar-refractivity contribution in [1.82, 2.24) is 10.2 Å². The predicted molar refractivity (Wildman–Crippen MR) is 111 cm³/mol. The van der Waals surface area contributed by atoms with Crippen LogP contribution in [-0.4, -0.2) is 49.4 Å². The summed E-state index contributed by atoms with van der Waals surface area (Å²) in [6.45, 7) is 5.54. The molecular formula is C21H24BrN3O2. The number of amides is 2. The number of nitrogens with one attached hydrogen (secondary N) is 1. The first-order valence-electron chi connectivity index (χ1n) is 9.16. The highest BCUT2D eigenvalue weighted by molar-refractivity contribution is 9.10.